The number of carboxylic acid groups (broad SMARTS) is 3. The molecule has 1 atom stereocenters. The molecule has 13 nitrogen and oxygen atoms in total. The first kappa shape index (κ1) is 42.7. The Morgan fingerprint density at radius 1 is 0.863 bits per heavy atom. The number of aromatic nitrogens is 2. The molecule has 4 heterocycles. The van der Waals surface area contributed by atoms with Gasteiger partial charge in [0.1, 0.15) is 0 Å². The van der Waals surface area contributed by atoms with E-state index in [1.165, 1.54) is 12.1 Å². The number of ether oxygens (including phenoxy) is 1. The van der Waals surface area contributed by atoms with E-state index in [2.05, 4.69) is 26.7 Å². The Balaban J connectivity index is 0.000000352. The van der Waals surface area contributed by atoms with Crippen molar-refractivity contribution in [2.24, 2.45) is 0 Å². The average molecular weight is 756 g/mol. The van der Waals surface area contributed by atoms with Crippen molar-refractivity contribution < 1.29 is 83.5 Å². The van der Waals surface area contributed by atoms with Gasteiger partial charge in [0.2, 0.25) is 5.95 Å². The minimum atomic E-state index is -5.08. The minimum Gasteiger partial charge on any atom is -0.505 e. The van der Waals surface area contributed by atoms with Crippen molar-refractivity contribution in [3.05, 3.63) is 47.0 Å². The lowest BCUT2D eigenvalue weighted by molar-refractivity contribution is -0.193. The number of hydrogen-bond donors (Lipinski definition) is 4. The molecule has 51 heavy (non-hydrogen) atoms. The number of halogens is 10. The van der Waals surface area contributed by atoms with Crippen LogP contribution in [0.15, 0.2) is 24.4 Å². The number of fused-ring (bicyclic) bond motifs is 2. The number of benzene rings is 1. The van der Waals surface area contributed by atoms with E-state index in [4.69, 9.17) is 39.4 Å². The summed E-state index contributed by atoms with van der Waals surface area (Å²) >= 11 is 0. The first-order valence-electron chi connectivity index (χ1n) is 14.3. The standard InChI is InChI=1S/C22H28FN5O2.3C2HF3O2/c1-26-6-8-28(9-7-26)21-24-11-17-13-30-15-22(20(17)25-21)4-5-27(14-22)12-16-2-3-19(29)18(23)10-16;3*3-2(4,5)1(6)7/h2-3,10-11,29H,4-9,12-15H2,1H3;3*(H,6,7). The molecule has 0 saturated carbocycles. The molecule has 3 aliphatic rings. The van der Waals surface area contributed by atoms with Gasteiger partial charge in [-0.1, -0.05) is 6.07 Å². The van der Waals surface area contributed by atoms with E-state index in [-0.39, 0.29) is 11.2 Å². The van der Waals surface area contributed by atoms with Crippen LogP contribution in [0.3, 0.4) is 0 Å². The van der Waals surface area contributed by atoms with Gasteiger partial charge < -0.3 is 35.0 Å². The molecule has 1 spiro atoms. The van der Waals surface area contributed by atoms with Crippen LogP contribution >= 0.6 is 0 Å². The number of nitrogens with zero attached hydrogens (tertiary/aromatic N) is 5. The van der Waals surface area contributed by atoms with Gasteiger partial charge in [-0.2, -0.15) is 39.5 Å². The van der Waals surface area contributed by atoms with Crippen LogP contribution in [-0.4, -0.2) is 130 Å². The van der Waals surface area contributed by atoms with Crippen LogP contribution in [0, 0.1) is 5.82 Å². The molecule has 0 aliphatic carbocycles. The summed E-state index contributed by atoms with van der Waals surface area (Å²) in [5, 5.41) is 30.8. The van der Waals surface area contributed by atoms with Crippen LogP contribution in [0.25, 0.3) is 0 Å². The number of anilines is 1. The van der Waals surface area contributed by atoms with Crippen molar-refractivity contribution in [3.8, 4) is 5.75 Å². The van der Waals surface area contributed by atoms with Gasteiger partial charge in [-0.25, -0.2) is 28.7 Å². The summed E-state index contributed by atoms with van der Waals surface area (Å²) in [7, 11) is 2.14. The number of rotatable bonds is 3. The van der Waals surface area contributed by atoms with Crippen LogP contribution in [0.4, 0.5) is 49.9 Å². The molecular weight excluding hydrogens is 724 g/mol. The molecule has 1 unspecified atom stereocenters. The van der Waals surface area contributed by atoms with Gasteiger partial charge >= 0.3 is 36.4 Å². The fourth-order valence-corrected chi connectivity index (χ4v) is 4.86. The molecule has 4 N–H and O–H groups in total. The van der Waals surface area contributed by atoms with Gasteiger partial charge in [-0.05, 0) is 37.7 Å². The number of aliphatic carboxylic acids is 3. The highest BCUT2D eigenvalue weighted by molar-refractivity contribution is 5.73. The second-order valence-electron chi connectivity index (χ2n) is 11.3. The van der Waals surface area contributed by atoms with Crippen molar-refractivity contribution in [2.45, 2.75) is 43.5 Å². The molecule has 0 radical (unpaired) electrons. The maximum absolute atomic E-state index is 13.7. The molecule has 0 bridgehead atoms. The van der Waals surface area contributed by atoms with Crippen molar-refractivity contribution in [1.29, 1.82) is 0 Å². The van der Waals surface area contributed by atoms with E-state index in [1.807, 2.05) is 6.20 Å². The first-order valence-corrected chi connectivity index (χ1v) is 14.3. The maximum atomic E-state index is 13.7. The third kappa shape index (κ3) is 13.0. The summed E-state index contributed by atoms with van der Waals surface area (Å²) in [5.74, 6) is -8.33. The molecule has 2 saturated heterocycles. The second-order valence-corrected chi connectivity index (χ2v) is 11.3. The normalized spacial score (nSPS) is 19.4. The Morgan fingerprint density at radius 2 is 1.37 bits per heavy atom. The zero-order valence-electron chi connectivity index (χ0n) is 26.3. The lowest BCUT2D eigenvalue weighted by atomic mass is 9.80. The topological polar surface area (TPSA) is 177 Å². The van der Waals surface area contributed by atoms with E-state index < -0.39 is 42.3 Å². The van der Waals surface area contributed by atoms with Gasteiger partial charge in [0.15, 0.2) is 11.6 Å². The van der Waals surface area contributed by atoms with Gasteiger partial charge in [0, 0.05) is 51.0 Å². The van der Waals surface area contributed by atoms with Crippen molar-refractivity contribution in [2.75, 3.05) is 57.8 Å². The van der Waals surface area contributed by atoms with Crippen molar-refractivity contribution >= 4 is 23.9 Å². The predicted octanol–water partition coefficient (Wildman–Crippen LogP) is 3.65. The predicted molar refractivity (Wildman–Crippen MR) is 152 cm³/mol. The third-order valence-corrected chi connectivity index (χ3v) is 7.35. The fraction of sp³-hybridized carbons (Fsp3) is 0.536. The highest BCUT2D eigenvalue weighted by Crippen LogP contribution is 2.40. The molecule has 1 aromatic heterocycles. The quantitative estimate of drug-likeness (QED) is 0.335. The molecule has 2 fully saturated rings. The number of likely N-dealkylation sites (N-methyl/N-ethyl adjacent to an activating group) is 1. The zero-order valence-corrected chi connectivity index (χ0v) is 26.3. The van der Waals surface area contributed by atoms with E-state index in [9.17, 15) is 49.0 Å². The van der Waals surface area contributed by atoms with E-state index in [0.717, 1.165) is 68.5 Å². The van der Waals surface area contributed by atoms with E-state index >= 15 is 0 Å². The van der Waals surface area contributed by atoms with Crippen molar-refractivity contribution in [3.63, 3.8) is 0 Å². The average Bonchev–Trinajstić information content (AvgIpc) is 3.41. The Morgan fingerprint density at radius 3 is 1.84 bits per heavy atom. The zero-order chi connectivity index (χ0) is 38.9. The maximum Gasteiger partial charge on any atom is 0.490 e. The summed E-state index contributed by atoms with van der Waals surface area (Å²) in [6.45, 7) is 7.50. The summed E-state index contributed by atoms with van der Waals surface area (Å²) in [5.41, 5.74) is 2.92. The summed E-state index contributed by atoms with van der Waals surface area (Å²) in [4.78, 5) is 43.3. The van der Waals surface area contributed by atoms with E-state index in [0.29, 0.717) is 19.8 Å². The number of hydrogen-bond acceptors (Lipinski definition) is 10. The van der Waals surface area contributed by atoms with Crippen LogP contribution in [0.5, 0.6) is 5.75 Å². The van der Waals surface area contributed by atoms with Gasteiger partial charge in [-0.3, -0.25) is 4.90 Å². The van der Waals surface area contributed by atoms with Crippen molar-refractivity contribution in [1.82, 2.24) is 19.8 Å². The smallest absolute Gasteiger partial charge is 0.490 e. The van der Waals surface area contributed by atoms with Crippen LogP contribution in [-0.2, 0) is 37.7 Å². The van der Waals surface area contributed by atoms with Gasteiger partial charge in [0.05, 0.1) is 24.3 Å². The molecule has 3 aliphatic heterocycles. The number of carboxylic acids is 3. The number of alkyl halides is 9. The lowest BCUT2D eigenvalue weighted by Gasteiger charge is -2.36. The Labute approximate surface area is 281 Å². The number of aromatic hydroxyl groups is 1. The highest BCUT2D eigenvalue weighted by atomic mass is 19.4. The molecule has 5 rings (SSSR count). The monoisotopic (exact) mass is 755 g/mol. The molecule has 1 aromatic carbocycles. The Bertz CT molecular complexity index is 1460. The minimum absolute atomic E-state index is 0.146. The fourth-order valence-electron chi connectivity index (χ4n) is 4.86. The van der Waals surface area contributed by atoms with Gasteiger partial charge in [-0.15, -0.1) is 0 Å². The first-order chi connectivity index (χ1) is 23.4. The second kappa shape index (κ2) is 17.1. The molecule has 2 aromatic rings. The van der Waals surface area contributed by atoms with Gasteiger partial charge in [0.25, 0.3) is 0 Å². The summed E-state index contributed by atoms with van der Waals surface area (Å²) in [6.07, 6.45) is -12.4. The Kier molecular flexibility index (Phi) is 14.3. The number of carbonyl (C=O) groups is 3. The number of likely N-dealkylation sites (tertiary alicyclic amines) is 1. The molecule has 23 heteroatoms. The third-order valence-electron chi connectivity index (χ3n) is 7.35. The lowest BCUT2D eigenvalue weighted by Crippen LogP contribution is -2.46. The summed E-state index contributed by atoms with van der Waals surface area (Å²) in [6, 6.07) is 4.62. The largest absolute Gasteiger partial charge is 0.505 e. The number of phenolic OH excluding ortho intramolecular Hbond substituents is 1. The SMILES string of the molecule is CN1CCN(c2ncc3c(n2)C2(CCN(Cc4ccc(O)c(F)c4)C2)COC3)CC1.O=C(O)C(F)(F)F.O=C(O)C(F)(F)F.O=C(O)C(F)(F)F. The van der Waals surface area contributed by atoms with E-state index in [1.54, 1.807) is 6.07 Å². The molecular formula is C28H31F10N5O8. The number of phenols is 1. The molecule has 0 amide bonds. The van der Waals surface area contributed by atoms with Crippen LogP contribution < -0.4 is 4.90 Å². The summed E-state index contributed by atoms with van der Waals surface area (Å²) < 4.78 is 115. The molecule has 286 valence electrons. The van der Waals surface area contributed by atoms with Crippen LogP contribution in [0.1, 0.15) is 23.2 Å². The highest BCUT2D eigenvalue weighted by Gasteiger charge is 2.45. The van der Waals surface area contributed by atoms with Crippen LogP contribution in [0.2, 0.25) is 0 Å². The Hall–Kier alpha value is -4.51. The number of piperazine rings is 1.